The van der Waals surface area contributed by atoms with Gasteiger partial charge in [0.1, 0.15) is 46.6 Å². The van der Waals surface area contributed by atoms with Crippen molar-refractivity contribution >= 4 is 22.5 Å². The summed E-state index contributed by atoms with van der Waals surface area (Å²) in [4.78, 5) is 0. The van der Waals surface area contributed by atoms with E-state index in [1.54, 1.807) is 6.92 Å². The quantitative estimate of drug-likeness (QED) is 0.0527. The molecule has 0 aliphatic heterocycles. The van der Waals surface area contributed by atoms with Crippen LogP contribution < -0.4 is 16.4 Å². The minimum Gasteiger partial charge on any atom is -0.275 e. The maximum Gasteiger partial charge on any atom is 0.532 e. The van der Waals surface area contributed by atoms with Crippen LogP contribution >= 0.6 is 0 Å². The van der Waals surface area contributed by atoms with Gasteiger partial charge in [-0.3, -0.25) is 8.83 Å². The summed E-state index contributed by atoms with van der Waals surface area (Å²) < 4.78 is 238. The summed E-state index contributed by atoms with van der Waals surface area (Å²) in [6, 6.07) is 5.65. The van der Waals surface area contributed by atoms with Gasteiger partial charge in [0.15, 0.2) is 52.4 Å². The Morgan fingerprint density at radius 3 is 1.14 bits per heavy atom. The zero-order chi connectivity index (χ0) is 37.1. The van der Waals surface area contributed by atoms with Crippen LogP contribution in [0.1, 0.15) is 30.4 Å². The number of rotatable bonds is 8. The van der Waals surface area contributed by atoms with Gasteiger partial charge in [-0.2, -0.15) is 0 Å². The standard InChI is InChI=1S/C32H16BF15O2/c1-3-4-12-13(50-32(49-12)11-7-5-10(2)6-8-11)9-33(14-17(34)23(40)29(46)24(41)18(14)35,15-19(36)25(42)30(47)26(43)20(15)37)16-21(38)27(44)31(48)28(45)22(16)39/h5-8H,3-4,9H2,1-2H3. The summed E-state index contributed by atoms with van der Waals surface area (Å²) in [5, 5.41) is 0. The fourth-order valence-electron chi connectivity index (χ4n) is 5.92. The minimum atomic E-state index is -5.85. The highest BCUT2D eigenvalue weighted by molar-refractivity contribution is 7.11. The zero-order valence-corrected chi connectivity index (χ0v) is 25.0. The van der Waals surface area contributed by atoms with E-state index in [-0.39, 0.29) is 18.4 Å². The van der Waals surface area contributed by atoms with Gasteiger partial charge < -0.3 is 0 Å². The highest BCUT2D eigenvalue weighted by Gasteiger charge is 2.50. The number of aryl methyl sites for hydroxylation is 2. The van der Waals surface area contributed by atoms with Gasteiger partial charge in [0.05, 0.1) is 0 Å². The Hall–Kier alpha value is -4.90. The molecule has 0 fully saturated rings. The molecule has 0 amide bonds. The summed E-state index contributed by atoms with van der Waals surface area (Å²) in [7, 11) is 0. The van der Waals surface area contributed by atoms with E-state index in [4.69, 9.17) is 8.83 Å². The third kappa shape index (κ3) is 5.39. The van der Waals surface area contributed by atoms with Gasteiger partial charge in [-0.15, -0.1) is 16.4 Å². The lowest BCUT2D eigenvalue weighted by atomic mass is 9.13. The van der Waals surface area contributed by atoms with Gasteiger partial charge in [0, 0.05) is 6.42 Å². The molecule has 1 heterocycles. The van der Waals surface area contributed by atoms with Crippen LogP contribution in [0, 0.1) is 94.2 Å². The molecule has 0 bridgehead atoms. The van der Waals surface area contributed by atoms with Gasteiger partial charge in [0.2, 0.25) is 0 Å². The lowest BCUT2D eigenvalue weighted by Gasteiger charge is -2.42. The molecule has 1 aromatic heterocycles. The maximum atomic E-state index is 15.8. The van der Waals surface area contributed by atoms with E-state index in [0.29, 0.717) is 5.56 Å². The molecule has 264 valence electrons. The molecular formula is C32H16BF15O2. The number of halogens is 15. The van der Waals surface area contributed by atoms with Gasteiger partial charge >= 0.3 is 5.96 Å². The van der Waals surface area contributed by atoms with Crippen molar-refractivity contribution in [2.24, 2.45) is 0 Å². The normalized spacial score (nSPS) is 11.9. The van der Waals surface area contributed by atoms with Crippen LogP contribution in [0.4, 0.5) is 65.9 Å². The van der Waals surface area contributed by atoms with Crippen molar-refractivity contribution in [2.45, 2.75) is 33.0 Å². The first-order valence-corrected chi connectivity index (χ1v) is 14.2. The fourth-order valence-corrected chi connectivity index (χ4v) is 5.92. The first kappa shape index (κ1) is 36.4. The molecule has 0 radical (unpaired) electrons. The topological polar surface area (TPSA) is 24.4 Å². The van der Waals surface area contributed by atoms with Crippen LogP contribution in [0.5, 0.6) is 0 Å². The molecular weight excluding hydrogens is 712 g/mol. The van der Waals surface area contributed by atoms with Crippen molar-refractivity contribution < 1.29 is 74.7 Å². The molecule has 0 saturated heterocycles. The van der Waals surface area contributed by atoms with Crippen LogP contribution in [0.25, 0.3) is 11.5 Å². The third-order valence-electron chi connectivity index (χ3n) is 8.21. The smallest absolute Gasteiger partial charge is 0.275 e. The predicted molar refractivity (Wildman–Crippen MR) is 147 cm³/mol. The average molecular weight is 728 g/mol. The molecule has 0 atom stereocenters. The summed E-state index contributed by atoms with van der Waals surface area (Å²) in [6.45, 7) is 3.10. The van der Waals surface area contributed by atoms with Gasteiger partial charge in [-0.25, -0.2) is 65.9 Å². The van der Waals surface area contributed by atoms with Gasteiger partial charge in [-0.1, -0.05) is 30.9 Å². The Labute approximate surface area is 270 Å². The number of benzene rings is 4. The lowest BCUT2D eigenvalue weighted by molar-refractivity contribution is 0.379. The van der Waals surface area contributed by atoms with E-state index in [9.17, 15) is 39.5 Å². The second kappa shape index (κ2) is 13.1. The maximum absolute atomic E-state index is 15.8. The van der Waals surface area contributed by atoms with Crippen LogP contribution in [-0.4, -0.2) is 6.15 Å². The second-order valence-corrected chi connectivity index (χ2v) is 11.2. The molecule has 0 saturated carbocycles. The van der Waals surface area contributed by atoms with Crippen LogP contribution in [0.2, 0.25) is 0 Å². The Kier molecular flexibility index (Phi) is 9.53. The Bertz CT molecular complexity index is 1930. The molecule has 18 heteroatoms. The molecule has 4 aromatic carbocycles. The van der Waals surface area contributed by atoms with E-state index in [0.717, 1.165) is 0 Å². The van der Waals surface area contributed by atoms with E-state index in [2.05, 4.69) is 0 Å². The Morgan fingerprint density at radius 2 is 0.820 bits per heavy atom. The van der Waals surface area contributed by atoms with Crippen molar-refractivity contribution in [3.05, 3.63) is 129 Å². The monoisotopic (exact) mass is 728 g/mol. The van der Waals surface area contributed by atoms with Crippen LogP contribution in [0.15, 0.2) is 33.1 Å². The Balaban J connectivity index is 2.11. The SMILES string of the molecule is CCCc1oc(-c2ccc(C)cc2)[o+]c1C[B-](c1c(F)c(F)c(F)c(F)c1F)(c1c(F)c(F)c(F)c(F)c1F)c1c(F)c(F)c(F)c(F)c1F. The molecule has 0 unspecified atom stereocenters. The molecule has 5 rings (SSSR count). The molecule has 0 aliphatic rings. The van der Waals surface area contributed by atoms with Crippen molar-refractivity contribution in [2.75, 3.05) is 0 Å². The predicted octanol–water partition coefficient (Wildman–Crippen LogP) is 8.42. The molecule has 2 nitrogen and oxygen atoms in total. The van der Waals surface area contributed by atoms with Gasteiger partial charge in [0.25, 0.3) is 11.5 Å². The van der Waals surface area contributed by atoms with E-state index in [1.807, 2.05) is 0 Å². The summed E-state index contributed by atoms with van der Waals surface area (Å²) in [5.74, 6) is -48.2. The minimum absolute atomic E-state index is 0.0248. The number of hydrogen-bond donors (Lipinski definition) is 0. The molecule has 50 heavy (non-hydrogen) atoms. The zero-order valence-electron chi connectivity index (χ0n) is 25.0. The lowest BCUT2D eigenvalue weighted by Crippen LogP contribution is -2.74. The highest BCUT2D eigenvalue weighted by atomic mass is 19.2. The van der Waals surface area contributed by atoms with Crippen LogP contribution in [0.3, 0.4) is 0 Å². The van der Waals surface area contributed by atoms with E-state index in [1.165, 1.54) is 31.2 Å². The average Bonchev–Trinajstić information content (AvgIpc) is 3.48. The third-order valence-corrected chi connectivity index (χ3v) is 8.21. The van der Waals surface area contributed by atoms with E-state index >= 15 is 26.3 Å². The second-order valence-electron chi connectivity index (χ2n) is 11.2. The highest BCUT2D eigenvalue weighted by Crippen LogP contribution is 2.34. The van der Waals surface area contributed by atoms with Crippen molar-refractivity contribution in [1.29, 1.82) is 0 Å². The Morgan fingerprint density at radius 1 is 0.500 bits per heavy atom. The largest absolute Gasteiger partial charge is 0.532 e. The first-order chi connectivity index (χ1) is 23.4. The van der Waals surface area contributed by atoms with Crippen molar-refractivity contribution in [3.63, 3.8) is 0 Å². The number of hydrogen-bond acceptors (Lipinski definition) is 1. The fraction of sp³-hybridized carbons (Fsp3) is 0.156. The summed E-state index contributed by atoms with van der Waals surface area (Å²) >= 11 is 0. The molecule has 0 N–H and O–H groups in total. The van der Waals surface area contributed by atoms with Crippen LogP contribution in [-0.2, 0) is 12.7 Å². The van der Waals surface area contributed by atoms with Crippen molar-refractivity contribution in [1.82, 2.24) is 0 Å². The molecule has 0 spiro atoms. The summed E-state index contributed by atoms with van der Waals surface area (Å²) in [6.07, 6.45) is -8.27. The summed E-state index contributed by atoms with van der Waals surface area (Å²) in [5.41, 5.74) is -7.46. The van der Waals surface area contributed by atoms with E-state index < -0.39 is 134 Å². The first-order valence-electron chi connectivity index (χ1n) is 14.2. The van der Waals surface area contributed by atoms with Crippen molar-refractivity contribution in [3.8, 4) is 11.5 Å². The molecule has 0 aliphatic carbocycles. The van der Waals surface area contributed by atoms with Gasteiger partial charge in [-0.05, 0) is 25.5 Å². The molecule has 5 aromatic rings.